The van der Waals surface area contributed by atoms with Crippen LogP contribution in [0.15, 0.2) is 35.9 Å². The minimum absolute atomic E-state index is 0.735. The van der Waals surface area contributed by atoms with Crippen molar-refractivity contribution in [3.8, 4) is 5.75 Å². The highest BCUT2D eigenvalue weighted by Crippen LogP contribution is 2.44. The second-order valence-corrected chi connectivity index (χ2v) is 7.86. The molecule has 0 atom stereocenters. The molecule has 1 nitrogen and oxygen atoms in total. The molecule has 24 heavy (non-hydrogen) atoms. The quantitative estimate of drug-likeness (QED) is 0.562. The summed E-state index contributed by atoms with van der Waals surface area (Å²) in [5.74, 6) is 4.42. The molecular formula is C22H31ClO. The third-order valence-corrected chi connectivity index (χ3v) is 6.41. The average molecular weight is 347 g/mol. The van der Waals surface area contributed by atoms with Gasteiger partial charge in [0, 0.05) is 5.54 Å². The van der Waals surface area contributed by atoms with Crippen LogP contribution in [0.4, 0.5) is 0 Å². The molecule has 0 aliphatic heterocycles. The smallest absolute Gasteiger partial charge is 0.119 e. The van der Waals surface area contributed by atoms with Crippen LogP contribution in [-0.2, 0) is 0 Å². The van der Waals surface area contributed by atoms with Gasteiger partial charge in [-0.15, -0.1) is 0 Å². The molecule has 2 aliphatic carbocycles. The molecule has 1 aromatic rings. The van der Waals surface area contributed by atoms with E-state index in [9.17, 15) is 0 Å². The molecule has 2 heteroatoms. The second kappa shape index (κ2) is 8.94. The molecule has 2 saturated carbocycles. The summed E-state index contributed by atoms with van der Waals surface area (Å²) in [5, 5.41) is 0. The van der Waals surface area contributed by atoms with Crippen molar-refractivity contribution in [2.45, 2.75) is 64.2 Å². The van der Waals surface area contributed by atoms with Gasteiger partial charge in [-0.05, 0) is 99.7 Å². The fourth-order valence-electron chi connectivity index (χ4n) is 4.84. The van der Waals surface area contributed by atoms with Crippen molar-refractivity contribution in [2.24, 2.45) is 17.8 Å². The summed E-state index contributed by atoms with van der Waals surface area (Å²) in [4.78, 5) is 0. The second-order valence-electron chi connectivity index (χ2n) is 7.61. The fraction of sp³-hybridized carbons (Fsp3) is 0.636. The van der Waals surface area contributed by atoms with E-state index in [1.54, 1.807) is 5.54 Å². The zero-order valence-electron chi connectivity index (χ0n) is 14.9. The van der Waals surface area contributed by atoms with Gasteiger partial charge in [0.05, 0.1) is 6.61 Å². The molecule has 2 fully saturated rings. The lowest BCUT2D eigenvalue weighted by atomic mass is 9.68. The highest BCUT2D eigenvalue weighted by Gasteiger charge is 2.30. The van der Waals surface area contributed by atoms with Crippen molar-refractivity contribution in [2.75, 3.05) is 6.61 Å². The monoisotopic (exact) mass is 346 g/mol. The summed E-state index contributed by atoms with van der Waals surface area (Å²) in [6.45, 7) is 2.78. The van der Waals surface area contributed by atoms with E-state index in [-0.39, 0.29) is 0 Å². The average Bonchev–Trinajstić information content (AvgIpc) is 2.64. The van der Waals surface area contributed by atoms with Gasteiger partial charge in [-0.2, -0.15) is 0 Å². The fourth-order valence-corrected chi connectivity index (χ4v) is 5.04. The maximum Gasteiger partial charge on any atom is 0.119 e. The standard InChI is InChI=1S/C22H31ClO/c1-2-24-22-13-11-21(12-14-22)20-9-7-19(8-10-20)18-5-3-17(4-6-18)15-16-23/h11-20H,2-10H2,1H3/b16-15+. The predicted octanol–water partition coefficient (Wildman–Crippen LogP) is 6.92. The highest BCUT2D eigenvalue weighted by molar-refractivity contribution is 6.25. The first kappa shape index (κ1) is 17.9. The lowest BCUT2D eigenvalue weighted by Gasteiger charge is -2.37. The minimum atomic E-state index is 0.735. The Morgan fingerprint density at radius 1 is 0.917 bits per heavy atom. The van der Waals surface area contributed by atoms with Crippen molar-refractivity contribution >= 4 is 11.6 Å². The van der Waals surface area contributed by atoms with Gasteiger partial charge in [-0.1, -0.05) is 29.8 Å². The van der Waals surface area contributed by atoms with E-state index < -0.39 is 0 Å². The van der Waals surface area contributed by atoms with Crippen LogP contribution in [0.1, 0.15) is 69.8 Å². The molecular weight excluding hydrogens is 316 g/mol. The zero-order valence-corrected chi connectivity index (χ0v) is 15.7. The Morgan fingerprint density at radius 2 is 1.50 bits per heavy atom. The summed E-state index contributed by atoms with van der Waals surface area (Å²) in [6, 6.07) is 8.83. The third-order valence-electron chi connectivity index (χ3n) is 6.26. The first-order valence-electron chi connectivity index (χ1n) is 9.79. The Hall–Kier alpha value is -0.950. The molecule has 0 saturated heterocycles. The molecule has 0 spiro atoms. The van der Waals surface area contributed by atoms with Gasteiger partial charge in [-0.3, -0.25) is 0 Å². The van der Waals surface area contributed by atoms with Crippen LogP contribution >= 0.6 is 11.6 Å². The van der Waals surface area contributed by atoms with Crippen LogP contribution in [0.2, 0.25) is 0 Å². The molecule has 0 heterocycles. The van der Waals surface area contributed by atoms with E-state index in [1.165, 1.54) is 56.9 Å². The Balaban J connectivity index is 1.47. The van der Waals surface area contributed by atoms with E-state index in [0.29, 0.717) is 0 Å². The van der Waals surface area contributed by atoms with Crippen molar-refractivity contribution in [3.05, 3.63) is 41.4 Å². The number of benzene rings is 1. The largest absolute Gasteiger partial charge is 0.494 e. The topological polar surface area (TPSA) is 9.23 Å². The van der Waals surface area contributed by atoms with Gasteiger partial charge in [-0.25, -0.2) is 0 Å². The molecule has 0 amide bonds. The van der Waals surface area contributed by atoms with Gasteiger partial charge >= 0.3 is 0 Å². The minimum Gasteiger partial charge on any atom is -0.494 e. The van der Waals surface area contributed by atoms with E-state index >= 15 is 0 Å². The Labute approximate surface area is 152 Å². The molecule has 0 bridgehead atoms. The van der Waals surface area contributed by atoms with Crippen molar-refractivity contribution in [1.82, 2.24) is 0 Å². The van der Waals surface area contributed by atoms with E-state index in [2.05, 4.69) is 30.3 Å². The molecule has 2 aliphatic rings. The number of rotatable bonds is 5. The van der Waals surface area contributed by atoms with Crippen LogP contribution in [0, 0.1) is 17.8 Å². The molecule has 0 aromatic heterocycles. The van der Waals surface area contributed by atoms with E-state index in [1.807, 2.05) is 6.92 Å². The van der Waals surface area contributed by atoms with Crippen LogP contribution in [0.5, 0.6) is 5.75 Å². The lowest BCUT2D eigenvalue weighted by Crippen LogP contribution is -2.25. The summed E-state index contributed by atoms with van der Waals surface area (Å²) in [5.41, 5.74) is 3.22. The van der Waals surface area contributed by atoms with Crippen LogP contribution in [0.25, 0.3) is 0 Å². The molecule has 132 valence electrons. The van der Waals surface area contributed by atoms with Crippen LogP contribution in [-0.4, -0.2) is 6.61 Å². The Bertz CT molecular complexity index is 505. The van der Waals surface area contributed by atoms with Gasteiger partial charge in [0.1, 0.15) is 5.75 Å². The molecule has 0 N–H and O–H groups in total. The summed E-state index contributed by atoms with van der Waals surface area (Å²) in [6.07, 6.45) is 13.2. The van der Waals surface area contributed by atoms with E-state index in [4.69, 9.17) is 16.3 Å². The summed E-state index contributed by atoms with van der Waals surface area (Å²) in [7, 11) is 0. The maximum atomic E-state index is 5.73. The van der Waals surface area contributed by atoms with Gasteiger partial charge < -0.3 is 4.74 Å². The van der Waals surface area contributed by atoms with Gasteiger partial charge in [0.25, 0.3) is 0 Å². The Kier molecular flexibility index (Phi) is 6.66. The summed E-state index contributed by atoms with van der Waals surface area (Å²) < 4.78 is 5.56. The van der Waals surface area contributed by atoms with Crippen LogP contribution in [0.3, 0.4) is 0 Å². The number of ether oxygens (including phenoxy) is 1. The summed E-state index contributed by atoms with van der Waals surface area (Å²) >= 11 is 5.73. The van der Waals surface area contributed by atoms with Crippen molar-refractivity contribution in [3.63, 3.8) is 0 Å². The number of hydrogen-bond acceptors (Lipinski definition) is 1. The number of halogens is 1. The van der Waals surface area contributed by atoms with Crippen molar-refractivity contribution in [1.29, 1.82) is 0 Å². The molecule has 3 rings (SSSR count). The SMILES string of the molecule is CCOc1ccc(C2CCC(C3CCC(/C=C/Cl)CC3)CC2)cc1. The third kappa shape index (κ3) is 4.57. The Morgan fingerprint density at radius 3 is 2.04 bits per heavy atom. The first-order chi connectivity index (χ1) is 11.8. The zero-order chi connectivity index (χ0) is 16.8. The molecule has 1 aromatic carbocycles. The van der Waals surface area contributed by atoms with Gasteiger partial charge in [0.15, 0.2) is 0 Å². The number of allylic oxidation sites excluding steroid dienone is 1. The lowest BCUT2D eigenvalue weighted by molar-refractivity contribution is 0.171. The highest BCUT2D eigenvalue weighted by atomic mass is 35.5. The molecule has 0 unspecified atom stereocenters. The molecule has 0 radical (unpaired) electrons. The van der Waals surface area contributed by atoms with Crippen molar-refractivity contribution < 1.29 is 4.74 Å². The first-order valence-corrected chi connectivity index (χ1v) is 10.2. The van der Waals surface area contributed by atoms with Gasteiger partial charge in [0.2, 0.25) is 0 Å². The number of hydrogen-bond donors (Lipinski definition) is 0. The van der Waals surface area contributed by atoms with E-state index in [0.717, 1.165) is 36.0 Å². The van der Waals surface area contributed by atoms with Crippen LogP contribution < -0.4 is 4.74 Å². The maximum absolute atomic E-state index is 5.73. The normalized spacial score (nSPS) is 31.2. The predicted molar refractivity (Wildman–Crippen MR) is 103 cm³/mol.